The summed E-state index contributed by atoms with van der Waals surface area (Å²) >= 11 is 0.655. The van der Waals surface area contributed by atoms with E-state index in [1.807, 2.05) is 0 Å². The van der Waals surface area contributed by atoms with Crippen LogP contribution in [0.25, 0.3) is 20.2 Å². The van der Waals surface area contributed by atoms with Crippen molar-refractivity contribution in [2.75, 3.05) is 6.61 Å². The van der Waals surface area contributed by atoms with E-state index in [-0.39, 0.29) is 27.1 Å². The van der Waals surface area contributed by atoms with E-state index in [9.17, 15) is 22.0 Å². The first-order valence-corrected chi connectivity index (χ1v) is 7.19. The van der Waals surface area contributed by atoms with Gasteiger partial charge in [0.2, 0.25) is 0 Å². The first-order chi connectivity index (χ1) is 10.3. The van der Waals surface area contributed by atoms with Gasteiger partial charge in [0.15, 0.2) is 17.4 Å². The molecule has 0 aliphatic carbocycles. The van der Waals surface area contributed by atoms with E-state index in [0.29, 0.717) is 22.8 Å². The highest BCUT2D eigenvalue weighted by molar-refractivity contribution is 7.25. The van der Waals surface area contributed by atoms with Gasteiger partial charge in [-0.3, -0.25) is 0 Å². The first kappa shape index (κ1) is 15.0. The van der Waals surface area contributed by atoms with Crippen LogP contribution in [0.15, 0.2) is 24.3 Å². The Kier molecular flexibility index (Phi) is 3.47. The van der Waals surface area contributed by atoms with Crippen LogP contribution in [0.3, 0.4) is 0 Å². The number of hydrogen-bond acceptors (Lipinski definition) is 2. The largest absolute Gasteiger partial charge is 0.491 e. The van der Waals surface area contributed by atoms with Gasteiger partial charge < -0.3 is 4.74 Å². The van der Waals surface area contributed by atoms with Crippen LogP contribution >= 0.6 is 11.3 Å². The Hall–Kier alpha value is -1.89. The van der Waals surface area contributed by atoms with Crippen molar-refractivity contribution in [2.24, 2.45) is 0 Å². The van der Waals surface area contributed by atoms with E-state index < -0.39 is 23.4 Å². The SMILES string of the molecule is CCOc1ccc2c(sc3c(F)c(C(F)(F)F)ccc32)c1F. The highest BCUT2D eigenvalue weighted by atomic mass is 32.1. The predicted octanol–water partition coefficient (Wildman–Crippen LogP) is 5.75. The van der Waals surface area contributed by atoms with Gasteiger partial charge in [-0.15, -0.1) is 11.3 Å². The maximum Gasteiger partial charge on any atom is 0.419 e. The predicted molar refractivity (Wildman–Crippen MR) is 75.4 cm³/mol. The molecule has 1 aromatic heterocycles. The number of rotatable bonds is 2. The summed E-state index contributed by atoms with van der Waals surface area (Å²) in [6, 6.07) is 4.76. The van der Waals surface area contributed by atoms with Crippen LogP contribution in [0.5, 0.6) is 5.75 Å². The molecule has 0 saturated carbocycles. The molecule has 0 bridgehead atoms. The second-order valence-corrected chi connectivity index (χ2v) is 5.61. The third-order valence-corrected chi connectivity index (χ3v) is 4.46. The molecule has 1 heterocycles. The normalized spacial score (nSPS) is 12.3. The highest BCUT2D eigenvalue weighted by Gasteiger charge is 2.35. The maximum atomic E-state index is 14.3. The maximum absolute atomic E-state index is 14.3. The summed E-state index contributed by atoms with van der Waals surface area (Å²) in [5.74, 6) is -2.06. The van der Waals surface area contributed by atoms with Gasteiger partial charge in [0.1, 0.15) is 0 Å². The Labute approximate surface area is 125 Å². The van der Waals surface area contributed by atoms with Crippen LogP contribution in [0.2, 0.25) is 0 Å². The Balaban J connectivity index is 2.34. The monoisotopic (exact) mass is 332 g/mol. The Morgan fingerprint density at radius 3 is 2.14 bits per heavy atom. The van der Waals surface area contributed by atoms with Crippen LogP contribution in [0.1, 0.15) is 12.5 Å². The summed E-state index contributed by atoms with van der Waals surface area (Å²) in [6.07, 6.45) is -4.79. The molecule has 0 N–H and O–H groups in total. The van der Waals surface area contributed by atoms with Crippen molar-refractivity contribution in [3.63, 3.8) is 0 Å². The van der Waals surface area contributed by atoms with E-state index in [1.165, 1.54) is 18.2 Å². The molecule has 2 aromatic carbocycles. The summed E-state index contributed by atoms with van der Waals surface area (Å²) in [7, 11) is 0. The second kappa shape index (κ2) is 5.08. The number of benzene rings is 2. The van der Waals surface area contributed by atoms with Gasteiger partial charge in [-0.25, -0.2) is 8.78 Å². The van der Waals surface area contributed by atoms with E-state index >= 15 is 0 Å². The molecule has 22 heavy (non-hydrogen) atoms. The molecule has 116 valence electrons. The van der Waals surface area contributed by atoms with Crippen LogP contribution in [-0.4, -0.2) is 6.61 Å². The molecule has 7 heteroatoms. The van der Waals surface area contributed by atoms with Crippen LogP contribution in [0.4, 0.5) is 22.0 Å². The summed E-state index contributed by atoms with van der Waals surface area (Å²) in [5.41, 5.74) is -1.35. The van der Waals surface area contributed by atoms with Crippen LogP contribution in [-0.2, 0) is 6.18 Å². The van der Waals surface area contributed by atoms with Crippen molar-refractivity contribution in [1.29, 1.82) is 0 Å². The first-order valence-electron chi connectivity index (χ1n) is 6.37. The van der Waals surface area contributed by atoms with Gasteiger partial charge in [0, 0.05) is 10.8 Å². The van der Waals surface area contributed by atoms with Gasteiger partial charge in [-0.2, -0.15) is 13.2 Å². The molecular formula is C15H9F5OS. The highest BCUT2D eigenvalue weighted by Crippen LogP contribution is 2.42. The molecule has 0 unspecified atom stereocenters. The summed E-state index contributed by atoms with van der Waals surface area (Å²) in [5, 5.41) is 0.626. The van der Waals surface area contributed by atoms with Gasteiger partial charge in [0.05, 0.1) is 21.6 Å². The molecule has 0 radical (unpaired) electrons. The molecule has 0 atom stereocenters. The fourth-order valence-electron chi connectivity index (χ4n) is 2.31. The Morgan fingerprint density at radius 2 is 1.55 bits per heavy atom. The molecule has 0 saturated heterocycles. The average molecular weight is 332 g/mol. The van der Waals surface area contributed by atoms with E-state index in [2.05, 4.69) is 0 Å². The number of alkyl halides is 3. The van der Waals surface area contributed by atoms with Crippen LogP contribution in [0, 0.1) is 11.6 Å². The number of ether oxygens (including phenoxy) is 1. The third kappa shape index (κ3) is 2.20. The zero-order chi connectivity index (χ0) is 16.1. The number of hydrogen-bond donors (Lipinski definition) is 0. The average Bonchev–Trinajstić information content (AvgIpc) is 2.82. The zero-order valence-electron chi connectivity index (χ0n) is 11.2. The second-order valence-electron chi connectivity index (χ2n) is 4.59. The lowest BCUT2D eigenvalue weighted by molar-refractivity contribution is -0.139. The molecule has 0 aliphatic rings. The lowest BCUT2D eigenvalue weighted by Crippen LogP contribution is -2.07. The standard InChI is InChI=1S/C15H9F5OS/c1-2-21-10-6-4-8-7-3-5-9(15(18,19)20)11(16)13(7)22-14(8)12(10)17/h3-6H,2H2,1H3. The summed E-state index contributed by atoms with van der Waals surface area (Å²) < 4.78 is 71.6. The molecule has 0 fully saturated rings. The van der Waals surface area contributed by atoms with E-state index in [1.54, 1.807) is 6.92 Å². The van der Waals surface area contributed by atoms with Gasteiger partial charge in [0.25, 0.3) is 0 Å². The Morgan fingerprint density at radius 1 is 0.955 bits per heavy atom. The van der Waals surface area contributed by atoms with Crippen LogP contribution < -0.4 is 4.74 Å². The molecule has 0 spiro atoms. The topological polar surface area (TPSA) is 9.23 Å². The molecular weight excluding hydrogens is 323 g/mol. The minimum Gasteiger partial charge on any atom is -0.491 e. The fourth-order valence-corrected chi connectivity index (χ4v) is 3.48. The van der Waals surface area contributed by atoms with Crippen molar-refractivity contribution in [3.8, 4) is 5.75 Å². The van der Waals surface area contributed by atoms with Crippen molar-refractivity contribution < 1.29 is 26.7 Å². The Bertz CT molecular complexity index is 866. The minimum atomic E-state index is -4.79. The number of fused-ring (bicyclic) bond motifs is 3. The lowest BCUT2D eigenvalue weighted by atomic mass is 10.1. The smallest absolute Gasteiger partial charge is 0.419 e. The van der Waals surface area contributed by atoms with Crippen molar-refractivity contribution >= 4 is 31.5 Å². The van der Waals surface area contributed by atoms with E-state index in [0.717, 1.165) is 0 Å². The van der Waals surface area contributed by atoms with Gasteiger partial charge in [-0.1, -0.05) is 6.07 Å². The molecule has 3 aromatic rings. The van der Waals surface area contributed by atoms with Crippen molar-refractivity contribution in [2.45, 2.75) is 13.1 Å². The van der Waals surface area contributed by atoms with Crippen molar-refractivity contribution in [1.82, 2.24) is 0 Å². The fraction of sp³-hybridized carbons (Fsp3) is 0.200. The quantitative estimate of drug-likeness (QED) is 0.543. The summed E-state index contributed by atoms with van der Waals surface area (Å²) in [4.78, 5) is 0. The molecule has 1 nitrogen and oxygen atoms in total. The number of halogens is 5. The third-order valence-electron chi connectivity index (χ3n) is 3.26. The minimum absolute atomic E-state index is 0.00184. The zero-order valence-corrected chi connectivity index (χ0v) is 12.0. The molecule has 0 amide bonds. The summed E-state index contributed by atoms with van der Waals surface area (Å²) in [6.45, 7) is 1.93. The lowest BCUT2D eigenvalue weighted by Gasteiger charge is -2.07. The van der Waals surface area contributed by atoms with Gasteiger partial charge in [-0.05, 0) is 25.1 Å². The van der Waals surface area contributed by atoms with Crippen molar-refractivity contribution in [3.05, 3.63) is 41.5 Å². The van der Waals surface area contributed by atoms with E-state index in [4.69, 9.17) is 4.74 Å². The van der Waals surface area contributed by atoms with Gasteiger partial charge >= 0.3 is 6.18 Å². The number of thiophene rings is 1. The molecule has 3 rings (SSSR count). The molecule has 0 aliphatic heterocycles.